The summed E-state index contributed by atoms with van der Waals surface area (Å²) in [7, 11) is 0. The van der Waals surface area contributed by atoms with Gasteiger partial charge in [0.25, 0.3) is 0 Å². The van der Waals surface area contributed by atoms with Crippen molar-refractivity contribution in [1.29, 1.82) is 0 Å². The van der Waals surface area contributed by atoms with E-state index in [1.807, 2.05) is 0 Å². The molecule has 2 amide bonds. The van der Waals surface area contributed by atoms with Crippen LogP contribution in [-0.4, -0.2) is 17.6 Å². The molecule has 5 heteroatoms. The van der Waals surface area contributed by atoms with Gasteiger partial charge in [-0.25, -0.2) is 9.78 Å². The number of anilines is 1. The van der Waals surface area contributed by atoms with Crippen LogP contribution in [0.5, 0.6) is 0 Å². The molecule has 0 aliphatic rings. The van der Waals surface area contributed by atoms with Gasteiger partial charge in [0.1, 0.15) is 6.26 Å². The SMILES string of the molecule is CCC(C)CNC(=O)Nc1ncco1. The fraction of sp³-hybridized carbons (Fsp3) is 0.556. The Morgan fingerprint density at radius 2 is 2.50 bits per heavy atom. The third kappa shape index (κ3) is 3.47. The molecular weight excluding hydrogens is 182 g/mol. The number of carbonyl (C=O) groups excluding carboxylic acids is 1. The van der Waals surface area contributed by atoms with E-state index in [9.17, 15) is 4.79 Å². The molecule has 1 heterocycles. The molecule has 0 aliphatic heterocycles. The second-order valence-electron chi connectivity index (χ2n) is 3.19. The highest BCUT2D eigenvalue weighted by Gasteiger charge is 2.05. The van der Waals surface area contributed by atoms with Gasteiger partial charge in [-0.05, 0) is 5.92 Å². The second-order valence-corrected chi connectivity index (χ2v) is 3.19. The summed E-state index contributed by atoms with van der Waals surface area (Å²) in [5.41, 5.74) is 0. The lowest BCUT2D eigenvalue weighted by Gasteiger charge is -2.09. The Morgan fingerprint density at radius 3 is 3.07 bits per heavy atom. The van der Waals surface area contributed by atoms with E-state index in [1.165, 1.54) is 12.5 Å². The maximum absolute atomic E-state index is 11.2. The molecule has 1 rings (SSSR count). The van der Waals surface area contributed by atoms with Crippen molar-refractivity contribution in [3.8, 4) is 0 Å². The van der Waals surface area contributed by atoms with Crippen molar-refractivity contribution in [3.63, 3.8) is 0 Å². The van der Waals surface area contributed by atoms with E-state index in [4.69, 9.17) is 4.42 Å². The van der Waals surface area contributed by atoms with Crippen molar-refractivity contribution in [1.82, 2.24) is 10.3 Å². The van der Waals surface area contributed by atoms with Gasteiger partial charge >= 0.3 is 12.0 Å². The highest BCUT2D eigenvalue weighted by molar-refractivity contribution is 5.86. The molecule has 5 nitrogen and oxygen atoms in total. The predicted octanol–water partition coefficient (Wildman–Crippen LogP) is 1.84. The van der Waals surface area contributed by atoms with Crippen LogP contribution in [0.2, 0.25) is 0 Å². The molecule has 0 bridgehead atoms. The number of nitrogens with zero attached hydrogens (tertiary/aromatic N) is 1. The van der Waals surface area contributed by atoms with Crippen LogP contribution in [0, 0.1) is 5.92 Å². The average Bonchev–Trinajstić information content (AvgIpc) is 2.66. The van der Waals surface area contributed by atoms with Gasteiger partial charge in [-0.1, -0.05) is 20.3 Å². The lowest BCUT2D eigenvalue weighted by Crippen LogP contribution is -2.32. The van der Waals surface area contributed by atoms with Crippen LogP contribution in [-0.2, 0) is 0 Å². The van der Waals surface area contributed by atoms with Crippen LogP contribution < -0.4 is 10.6 Å². The molecule has 0 saturated heterocycles. The quantitative estimate of drug-likeness (QED) is 0.773. The maximum atomic E-state index is 11.2. The molecule has 0 aromatic carbocycles. The Bertz CT molecular complexity index is 272. The molecule has 2 N–H and O–H groups in total. The molecular formula is C9H15N3O2. The second kappa shape index (κ2) is 5.26. The van der Waals surface area contributed by atoms with Crippen LogP contribution in [0.1, 0.15) is 20.3 Å². The zero-order valence-corrected chi connectivity index (χ0v) is 8.41. The molecule has 1 atom stereocenters. The van der Waals surface area contributed by atoms with E-state index in [-0.39, 0.29) is 12.0 Å². The van der Waals surface area contributed by atoms with Crippen LogP contribution in [0.25, 0.3) is 0 Å². The van der Waals surface area contributed by atoms with Gasteiger partial charge in [-0.15, -0.1) is 0 Å². The van der Waals surface area contributed by atoms with Crippen molar-refractivity contribution < 1.29 is 9.21 Å². The zero-order chi connectivity index (χ0) is 10.4. The molecule has 1 unspecified atom stereocenters. The topological polar surface area (TPSA) is 67.2 Å². The summed E-state index contributed by atoms with van der Waals surface area (Å²) in [6, 6.07) is -0.0700. The minimum atomic E-state index is -0.284. The number of urea groups is 1. The summed E-state index contributed by atoms with van der Waals surface area (Å²) < 4.78 is 4.85. The summed E-state index contributed by atoms with van der Waals surface area (Å²) in [5, 5.41) is 5.20. The molecule has 0 saturated carbocycles. The van der Waals surface area contributed by atoms with Gasteiger partial charge in [-0.2, -0.15) is 0 Å². The summed E-state index contributed by atoms with van der Waals surface area (Å²) >= 11 is 0. The molecule has 1 aromatic heterocycles. The molecule has 78 valence electrons. The van der Waals surface area contributed by atoms with Gasteiger partial charge in [-0.3, -0.25) is 5.32 Å². The van der Waals surface area contributed by atoms with E-state index < -0.39 is 0 Å². The van der Waals surface area contributed by atoms with E-state index >= 15 is 0 Å². The third-order valence-electron chi connectivity index (χ3n) is 1.96. The molecule has 0 aliphatic carbocycles. The summed E-state index contributed by atoms with van der Waals surface area (Å²) in [6.45, 7) is 4.81. The van der Waals surface area contributed by atoms with Crippen LogP contribution in [0.3, 0.4) is 0 Å². The Balaban J connectivity index is 2.23. The van der Waals surface area contributed by atoms with Crippen molar-refractivity contribution in [2.75, 3.05) is 11.9 Å². The molecule has 14 heavy (non-hydrogen) atoms. The number of carbonyl (C=O) groups is 1. The number of oxazole rings is 1. The molecule has 0 fully saturated rings. The van der Waals surface area contributed by atoms with E-state index in [1.54, 1.807) is 0 Å². The number of hydrogen-bond donors (Lipinski definition) is 2. The first-order valence-electron chi connectivity index (χ1n) is 4.66. The Morgan fingerprint density at radius 1 is 1.71 bits per heavy atom. The number of amides is 2. The molecule has 0 radical (unpaired) electrons. The number of rotatable bonds is 4. The van der Waals surface area contributed by atoms with Gasteiger partial charge in [0, 0.05) is 6.54 Å². The standard InChI is InChI=1S/C9H15N3O2/c1-3-7(2)6-11-8(13)12-9-10-4-5-14-9/h4-5,7H,3,6H2,1-2H3,(H2,10,11,12,13). The van der Waals surface area contributed by atoms with Gasteiger partial charge in [0.2, 0.25) is 0 Å². The maximum Gasteiger partial charge on any atom is 0.322 e. The highest BCUT2D eigenvalue weighted by atomic mass is 16.4. The first-order valence-corrected chi connectivity index (χ1v) is 4.66. The minimum absolute atomic E-state index is 0.214. The Labute approximate surface area is 82.9 Å². The summed E-state index contributed by atoms with van der Waals surface area (Å²) in [6.07, 6.45) is 3.92. The summed E-state index contributed by atoms with van der Waals surface area (Å²) in [5.74, 6) is 0.477. The third-order valence-corrected chi connectivity index (χ3v) is 1.96. The zero-order valence-electron chi connectivity index (χ0n) is 8.41. The van der Waals surface area contributed by atoms with Gasteiger partial charge < -0.3 is 9.73 Å². The van der Waals surface area contributed by atoms with Crippen LogP contribution >= 0.6 is 0 Å². The van der Waals surface area contributed by atoms with Crippen molar-refractivity contribution in [3.05, 3.63) is 12.5 Å². The van der Waals surface area contributed by atoms with E-state index in [0.29, 0.717) is 12.5 Å². The van der Waals surface area contributed by atoms with Crippen molar-refractivity contribution in [2.24, 2.45) is 5.92 Å². The predicted molar refractivity (Wildman–Crippen MR) is 53.0 cm³/mol. The smallest absolute Gasteiger partial charge is 0.322 e. The van der Waals surface area contributed by atoms with E-state index in [2.05, 4.69) is 29.5 Å². The lowest BCUT2D eigenvalue weighted by molar-refractivity contribution is 0.249. The fourth-order valence-corrected chi connectivity index (χ4v) is 0.838. The Kier molecular flexibility index (Phi) is 3.97. The molecule has 1 aromatic rings. The Hall–Kier alpha value is -1.52. The highest BCUT2D eigenvalue weighted by Crippen LogP contribution is 2.01. The number of nitrogens with one attached hydrogen (secondary N) is 2. The van der Waals surface area contributed by atoms with E-state index in [0.717, 1.165) is 6.42 Å². The monoisotopic (exact) mass is 197 g/mol. The number of aromatic nitrogens is 1. The fourth-order valence-electron chi connectivity index (χ4n) is 0.838. The van der Waals surface area contributed by atoms with Gasteiger partial charge in [0.15, 0.2) is 0 Å². The van der Waals surface area contributed by atoms with Crippen molar-refractivity contribution >= 4 is 12.0 Å². The minimum Gasteiger partial charge on any atom is -0.432 e. The summed E-state index contributed by atoms with van der Waals surface area (Å²) in [4.78, 5) is 15.0. The lowest BCUT2D eigenvalue weighted by atomic mass is 10.1. The largest absolute Gasteiger partial charge is 0.432 e. The molecule has 0 spiro atoms. The van der Waals surface area contributed by atoms with Crippen molar-refractivity contribution in [2.45, 2.75) is 20.3 Å². The first-order chi connectivity index (χ1) is 6.72. The normalized spacial score (nSPS) is 12.1. The average molecular weight is 197 g/mol. The van der Waals surface area contributed by atoms with Crippen LogP contribution in [0.4, 0.5) is 10.8 Å². The van der Waals surface area contributed by atoms with Gasteiger partial charge in [0.05, 0.1) is 6.20 Å². The number of hydrogen-bond acceptors (Lipinski definition) is 3. The first kappa shape index (κ1) is 10.6. The van der Waals surface area contributed by atoms with Crippen LogP contribution in [0.15, 0.2) is 16.9 Å².